The smallest absolute Gasteiger partial charge is 0.407 e. The van der Waals surface area contributed by atoms with Gasteiger partial charge in [0.25, 0.3) is 0 Å². The van der Waals surface area contributed by atoms with Gasteiger partial charge < -0.3 is 24.5 Å². The molecule has 1 aromatic heterocycles. The number of hydrogen-bond donors (Lipinski definition) is 2. The normalized spacial score (nSPS) is 13.2. The Hall–Kier alpha value is -4.21. The summed E-state index contributed by atoms with van der Waals surface area (Å²) in [7, 11) is 0. The van der Waals surface area contributed by atoms with E-state index in [2.05, 4.69) is 45.1 Å². The first kappa shape index (κ1) is 28.8. The number of nitrogens with zero attached hydrogens (tertiary/aromatic N) is 2. The summed E-state index contributed by atoms with van der Waals surface area (Å²) in [5.41, 5.74) is 3.57. The van der Waals surface area contributed by atoms with Crippen LogP contribution in [0.3, 0.4) is 0 Å². The van der Waals surface area contributed by atoms with E-state index < -0.39 is 23.5 Å². The summed E-state index contributed by atoms with van der Waals surface area (Å²) in [6.07, 6.45) is 1.35. The van der Waals surface area contributed by atoms with Gasteiger partial charge in [0.05, 0.1) is 6.61 Å². The zero-order valence-corrected chi connectivity index (χ0v) is 23.4. The molecule has 0 bridgehead atoms. The van der Waals surface area contributed by atoms with Gasteiger partial charge in [-0.2, -0.15) is 0 Å². The number of hydrogen-bond acceptors (Lipinski definition) is 8. The average molecular weight is 549 g/mol. The second-order valence-corrected chi connectivity index (χ2v) is 10.3. The quantitative estimate of drug-likeness (QED) is 0.244. The molecule has 40 heavy (non-hydrogen) atoms. The van der Waals surface area contributed by atoms with Crippen molar-refractivity contribution in [1.29, 1.82) is 0 Å². The first-order chi connectivity index (χ1) is 19.2. The number of carbonyl (C=O) groups is 3. The van der Waals surface area contributed by atoms with Crippen LogP contribution in [0.2, 0.25) is 0 Å². The first-order valence-electron chi connectivity index (χ1n) is 13.6. The molecule has 0 saturated carbocycles. The van der Waals surface area contributed by atoms with Gasteiger partial charge in [0, 0.05) is 19.4 Å². The third kappa shape index (κ3) is 6.50. The molecule has 0 aliphatic heterocycles. The highest BCUT2D eigenvalue weighted by Crippen LogP contribution is 2.44. The number of unbranched alkanes of at least 4 members (excludes halogenated alkanes) is 1. The molecule has 212 valence electrons. The Morgan fingerprint density at radius 2 is 1.62 bits per heavy atom. The Morgan fingerprint density at radius 3 is 2.25 bits per heavy atom. The summed E-state index contributed by atoms with van der Waals surface area (Å²) in [5.74, 6) is -0.378. The summed E-state index contributed by atoms with van der Waals surface area (Å²) >= 11 is 0. The summed E-state index contributed by atoms with van der Waals surface area (Å²) < 4.78 is 16.5. The van der Waals surface area contributed by atoms with Crippen molar-refractivity contribution in [3.05, 3.63) is 71.4 Å². The zero-order chi connectivity index (χ0) is 28.7. The number of esters is 1. The highest BCUT2D eigenvalue weighted by Gasteiger charge is 2.38. The van der Waals surface area contributed by atoms with E-state index >= 15 is 0 Å². The molecule has 0 fully saturated rings. The number of aromatic nitrogens is 2. The number of alkyl carbamates (subject to hydrolysis) is 1. The maximum absolute atomic E-state index is 12.4. The number of rotatable bonds is 12. The molecule has 2 N–H and O–H groups in total. The van der Waals surface area contributed by atoms with Gasteiger partial charge in [-0.25, -0.2) is 4.79 Å². The number of amides is 2. The lowest BCUT2D eigenvalue weighted by Gasteiger charge is -2.18. The number of fused-ring (bicyclic) bond motifs is 3. The topological polar surface area (TPSA) is 133 Å². The van der Waals surface area contributed by atoms with Gasteiger partial charge in [0.2, 0.25) is 17.7 Å². The molecule has 2 amide bonds. The second-order valence-electron chi connectivity index (χ2n) is 10.3. The highest BCUT2D eigenvalue weighted by molar-refractivity contribution is 5.81. The van der Waals surface area contributed by atoms with Gasteiger partial charge in [-0.15, -0.1) is 10.2 Å². The van der Waals surface area contributed by atoms with E-state index in [4.69, 9.17) is 13.9 Å². The third-order valence-electron chi connectivity index (χ3n) is 6.97. The number of benzene rings is 2. The highest BCUT2D eigenvalue weighted by atomic mass is 16.5. The molecule has 0 saturated heterocycles. The molecule has 0 radical (unpaired) electrons. The van der Waals surface area contributed by atoms with Crippen molar-refractivity contribution in [2.24, 2.45) is 0 Å². The van der Waals surface area contributed by atoms with E-state index in [-0.39, 0.29) is 36.8 Å². The maximum atomic E-state index is 12.4. The third-order valence-corrected chi connectivity index (χ3v) is 6.97. The fourth-order valence-corrected chi connectivity index (χ4v) is 4.84. The van der Waals surface area contributed by atoms with Gasteiger partial charge in [-0.1, -0.05) is 48.5 Å². The van der Waals surface area contributed by atoms with Crippen LogP contribution in [0.15, 0.2) is 52.9 Å². The van der Waals surface area contributed by atoms with E-state index in [0.29, 0.717) is 25.8 Å². The maximum Gasteiger partial charge on any atom is 0.407 e. The van der Waals surface area contributed by atoms with Crippen molar-refractivity contribution in [3.63, 3.8) is 0 Å². The molecule has 2 aromatic carbocycles. The Balaban J connectivity index is 1.25. The van der Waals surface area contributed by atoms with Crippen LogP contribution >= 0.6 is 0 Å². The zero-order valence-electron chi connectivity index (χ0n) is 23.4. The minimum absolute atomic E-state index is 0.00432. The van der Waals surface area contributed by atoms with Crippen molar-refractivity contribution in [2.45, 2.75) is 64.3 Å². The standard InChI is InChI=1S/C30H36N4O6/c1-5-38-28(36)30(3,4)27-34-33-26(40-27)25(32-19(2)35)16-10-11-17-31-29(37)39-18-24-22-14-8-6-12-20(22)21-13-7-9-15-23(21)24/h6-9,12-15,24-25H,5,10-11,16-18H2,1-4H3,(H,31,37)(H,32,35)/t25-/m0/s1. The van der Waals surface area contributed by atoms with Crippen LogP contribution in [0.4, 0.5) is 4.79 Å². The molecule has 1 heterocycles. The molecule has 1 aliphatic rings. The Labute approximate surface area is 233 Å². The van der Waals surface area contributed by atoms with Crippen LogP contribution in [-0.4, -0.2) is 47.9 Å². The van der Waals surface area contributed by atoms with Gasteiger partial charge in [0.15, 0.2) is 0 Å². The SMILES string of the molecule is CCOC(=O)C(C)(C)c1nnc([C@H](CCCCNC(=O)OCC2c3ccccc3-c3ccccc32)NC(C)=O)o1. The molecule has 10 nitrogen and oxygen atoms in total. The summed E-state index contributed by atoms with van der Waals surface area (Å²) in [6, 6.07) is 15.9. The Kier molecular flexibility index (Phi) is 9.19. The van der Waals surface area contributed by atoms with E-state index in [1.165, 1.54) is 18.1 Å². The minimum atomic E-state index is -1.12. The van der Waals surface area contributed by atoms with E-state index in [0.717, 1.165) is 11.1 Å². The molecule has 0 unspecified atom stereocenters. The first-order valence-corrected chi connectivity index (χ1v) is 13.6. The number of ether oxygens (including phenoxy) is 2. The summed E-state index contributed by atoms with van der Waals surface area (Å²) in [4.78, 5) is 36.5. The number of nitrogens with one attached hydrogen (secondary N) is 2. The van der Waals surface area contributed by atoms with Crippen LogP contribution in [-0.2, 0) is 24.5 Å². The Bertz CT molecular complexity index is 1310. The molecule has 4 rings (SSSR count). The van der Waals surface area contributed by atoms with Crippen molar-refractivity contribution in [3.8, 4) is 11.1 Å². The summed E-state index contributed by atoms with van der Waals surface area (Å²) in [5, 5.41) is 13.7. The molecule has 0 spiro atoms. The van der Waals surface area contributed by atoms with Crippen LogP contribution in [0, 0.1) is 0 Å². The van der Waals surface area contributed by atoms with Crippen molar-refractivity contribution >= 4 is 18.0 Å². The lowest BCUT2D eigenvalue weighted by atomic mass is 9.94. The van der Waals surface area contributed by atoms with Gasteiger partial charge in [0.1, 0.15) is 18.1 Å². The lowest BCUT2D eigenvalue weighted by Crippen LogP contribution is -2.31. The van der Waals surface area contributed by atoms with Crippen LogP contribution in [0.5, 0.6) is 0 Å². The lowest BCUT2D eigenvalue weighted by molar-refractivity contribution is -0.149. The average Bonchev–Trinajstić information content (AvgIpc) is 3.55. The van der Waals surface area contributed by atoms with Gasteiger partial charge in [-0.05, 0) is 62.3 Å². The molecular weight excluding hydrogens is 512 g/mol. The molecule has 10 heteroatoms. The van der Waals surface area contributed by atoms with E-state index in [9.17, 15) is 14.4 Å². The van der Waals surface area contributed by atoms with Crippen molar-refractivity contribution < 1.29 is 28.3 Å². The monoisotopic (exact) mass is 548 g/mol. The predicted molar refractivity (Wildman–Crippen MR) is 147 cm³/mol. The fourth-order valence-electron chi connectivity index (χ4n) is 4.84. The van der Waals surface area contributed by atoms with Crippen LogP contribution in [0.1, 0.15) is 81.8 Å². The Morgan fingerprint density at radius 1 is 0.975 bits per heavy atom. The van der Waals surface area contributed by atoms with Crippen molar-refractivity contribution in [2.75, 3.05) is 19.8 Å². The number of carbonyl (C=O) groups excluding carboxylic acids is 3. The largest absolute Gasteiger partial charge is 0.465 e. The van der Waals surface area contributed by atoms with Crippen molar-refractivity contribution in [1.82, 2.24) is 20.8 Å². The van der Waals surface area contributed by atoms with Crippen LogP contribution in [0.25, 0.3) is 11.1 Å². The fraction of sp³-hybridized carbons (Fsp3) is 0.433. The summed E-state index contributed by atoms with van der Waals surface area (Å²) in [6.45, 7) is 7.33. The predicted octanol–water partition coefficient (Wildman–Crippen LogP) is 4.80. The molecule has 3 aromatic rings. The molecule has 1 atom stereocenters. The van der Waals surface area contributed by atoms with E-state index in [1.807, 2.05) is 24.3 Å². The van der Waals surface area contributed by atoms with Crippen LogP contribution < -0.4 is 10.6 Å². The molecule has 1 aliphatic carbocycles. The van der Waals surface area contributed by atoms with Gasteiger partial charge in [-0.3, -0.25) is 9.59 Å². The van der Waals surface area contributed by atoms with Gasteiger partial charge >= 0.3 is 12.1 Å². The minimum Gasteiger partial charge on any atom is -0.465 e. The second kappa shape index (κ2) is 12.8. The molecular formula is C30H36N4O6. The van der Waals surface area contributed by atoms with E-state index in [1.54, 1.807) is 20.8 Å².